The van der Waals surface area contributed by atoms with E-state index in [9.17, 15) is 13.2 Å². The van der Waals surface area contributed by atoms with Crippen molar-refractivity contribution in [2.75, 3.05) is 26.3 Å². The van der Waals surface area contributed by atoms with Crippen LogP contribution in [0.15, 0.2) is 89.8 Å². The molecule has 0 aliphatic carbocycles. The largest absolute Gasteiger partial charge is 0.379 e. The molecule has 1 unspecified atom stereocenters. The topological polar surface area (TPSA) is 75.7 Å². The van der Waals surface area contributed by atoms with Crippen molar-refractivity contribution >= 4 is 15.9 Å². The number of carbonyl (C=O) groups is 1. The van der Waals surface area contributed by atoms with Crippen LogP contribution in [0.1, 0.15) is 27.5 Å². The zero-order valence-electron chi connectivity index (χ0n) is 17.7. The lowest BCUT2D eigenvalue weighted by molar-refractivity contribution is 0.0730. The maximum absolute atomic E-state index is 13.1. The summed E-state index contributed by atoms with van der Waals surface area (Å²) < 4.78 is 32.6. The van der Waals surface area contributed by atoms with Crippen molar-refractivity contribution in [1.29, 1.82) is 0 Å². The Morgan fingerprint density at radius 1 is 0.906 bits per heavy atom. The van der Waals surface area contributed by atoms with E-state index in [4.69, 9.17) is 4.74 Å². The molecular formula is C25H26N2O4S. The van der Waals surface area contributed by atoms with Crippen LogP contribution in [0.3, 0.4) is 0 Å². The first-order chi connectivity index (χ1) is 15.5. The average molecular weight is 451 g/mol. The summed E-state index contributed by atoms with van der Waals surface area (Å²) in [5, 5.41) is 3.09. The van der Waals surface area contributed by atoms with Crippen molar-refractivity contribution in [2.24, 2.45) is 0 Å². The molecule has 1 amide bonds. The third kappa shape index (κ3) is 5.24. The van der Waals surface area contributed by atoms with Gasteiger partial charge in [-0.05, 0) is 35.7 Å². The van der Waals surface area contributed by atoms with Gasteiger partial charge in [-0.1, -0.05) is 66.7 Å². The number of carbonyl (C=O) groups excluding carboxylic acids is 1. The summed E-state index contributed by atoms with van der Waals surface area (Å²) in [6.45, 7) is 1.37. The molecule has 1 N–H and O–H groups in total. The first kappa shape index (κ1) is 22.2. The highest BCUT2D eigenvalue weighted by Crippen LogP contribution is 2.21. The smallest absolute Gasteiger partial charge is 0.251 e. The van der Waals surface area contributed by atoms with Crippen LogP contribution in [0, 0.1) is 0 Å². The molecule has 6 nitrogen and oxygen atoms in total. The van der Waals surface area contributed by atoms with Crippen molar-refractivity contribution in [2.45, 2.75) is 17.4 Å². The fourth-order valence-corrected chi connectivity index (χ4v) is 5.22. The van der Waals surface area contributed by atoms with Gasteiger partial charge in [0.25, 0.3) is 5.91 Å². The molecule has 1 heterocycles. The highest BCUT2D eigenvalue weighted by atomic mass is 32.2. The van der Waals surface area contributed by atoms with Gasteiger partial charge in [-0.15, -0.1) is 0 Å². The van der Waals surface area contributed by atoms with Crippen LogP contribution in [0.5, 0.6) is 0 Å². The van der Waals surface area contributed by atoms with E-state index < -0.39 is 10.0 Å². The van der Waals surface area contributed by atoms with Crippen molar-refractivity contribution in [3.8, 4) is 0 Å². The fraction of sp³-hybridized carbons (Fsp3) is 0.240. The number of benzene rings is 3. The molecule has 4 rings (SSSR count). The van der Waals surface area contributed by atoms with Gasteiger partial charge >= 0.3 is 0 Å². The number of hydrogen-bond donors (Lipinski definition) is 1. The van der Waals surface area contributed by atoms with Gasteiger partial charge in [-0.25, -0.2) is 8.42 Å². The Hall–Kier alpha value is -3.00. The number of sulfonamides is 1. The molecule has 1 fully saturated rings. The van der Waals surface area contributed by atoms with Gasteiger partial charge < -0.3 is 10.1 Å². The first-order valence-corrected chi connectivity index (χ1v) is 12.1. The third-order valence-electron chi connectivity index (χ3n) is 5.49. The Balaban J connectivity index is 1.56. The second-order valence-electron chi connectivity index (χ2n) is 7.67. The number of ether oxygens (including phenoxy) is 1. The SMILES string of the molecule is O=C(NC(Cc1ccccc1)c1ccccc1)c1cccc(S(=O)(=O)N2CCOCC2)c1. The Kier molecular flexibility index (Phi) is 6.99. The van der Waals surface area contributed by atoms with Crippen LogP contribution in [-0.4, -0.2) is 44.9 Å². The quantitative estimate of drug-likeness (QED) is 0.599. The monoisotopic (exact) mass is 450 g/mol. The molecule has 3 aromatic rings. The van der Waals surface area contributed by atoms with Crippen molar-refractivity contribution in [1.82, 2.24) is 9.62 Å². The van der Waals surface area contributed by atoms with Crippen LogP contribution < -0.4 is 5.32 Å². The fourth-order valence-electron chi connectivity index (χ4n) is 3.76. The van der Waals surface area contributed by atoms with E-state index in [0.29, 0.717) is 38.3 Å². The Labute approximate surface area is 188 Å². The Morgan fingerprint density at radius 3 is 2.25 bits per heavy atom. The highest BCUT2D eigenvalue weighted by molar-refractivity contribution is 7.89. The van der Waals surface area contributed by atoms with Crippen LogP contribution in [-0.2, 0) is 21.2 Å². The van der Waals surface area contributed by atoms with E-state index in [0.717, 1.165) is 11.1 Å². The molecule has 1 aliphatic rings. The number of amides is 1. The van der Waals surface area contributed by atoms with Gasteiger partial charge in [0.2, 0.25) is 10.0 Å². The van der Waals surface area contributed by atoms with E-state index in [1.807, 2.05) is 60.7 Å². The molecular weight excluding hydrogens is 424 g/mol. The molecule has 32 heavy (non-hydrogen) atoms. The van der Waals surface area contributed by atoms with E-state index in [1.165, 1.54) is 16.4 Å². The predicted octanol–water partition coefficient (Wildman–Crippen LogP) is 3.42. The summed E-state index contributed by atoms with van der Waals surface area (Å²) in [6, 6.07) is 25.7. The molecule has 7 heteroatoms. The molecule has 3 aromatic carbocycles. The molecule has 1 atom stereocenters. The van der Waals surface area contributed by atoms with Crippen LogP contribution in [0.25, 0.3) is 0 Å². The van der Waals surface area contributed by atoms with E-state index in [2.05, 4.69) is 5.32 Å². The minimum Gasteiger partial charge on any atom is -0.379 e. The molecule has 0 bridgehead atoms. The second-order valence-corrected chi connectivity index (χ2v) is 9.61. The normalized spacial score (nSPS) is 15.8. The molecule has 0 saturated carbocycles. The molecule has 0 spiro atoms. The predicted molar refractivity (Wildman–Crippen MR) is 123 cm³/mol. The lowest BCUT2D eigenvalue weighted by Gasteiger charge is -2.26. The number of nitrogens with one attached hydrogen (secondary N) is 1. The molecule has 1 aliphatic heterocycles. The summed E-state index contributed by atoms with van der Waals surface area (Å²) >= 11 is 0. The molecule has 1 saturated heterocycles. The minimum absolute atomic E-state index is 0.117. The minimum atomic E-state index is -3.67. The van der Waals surface area contributed by atoms with E-state index in [-0.39, 0.29) is 16.8 Å². The van der Waals surface area contributed by atoms with Gasteiger partial charge in [0.15, 0.2) is 0 Å². The van der Waals surface area contributed by atoms with Gasteiger partial charge in [0, 0.05) is 18.7 Å². The Bertz CT molecular complexity index is 1140. The first-order valence-electron chi connectivity index (χ1n) is 10.6. The summed E-state index contributed by atoms with van der Waals surface area (Å²) in [5.41, 5.74) is 2.40. The van der Waals surface area contributed by atoms with Crippen LogP contribution in [0.2, 0.25) is 0 Å². The molecule has 166 valence electrons. The van der Waals surface area contributed by atoms with Crippen molar-refractivity contribution in [3.05, 3.63) is 102 Å². The summed E-state index contributed by atoms with van der Waals surface area (Å²) in [4.78, 5) is 13.3. The van der Waals surface area contributed by atoms with Gasteiger partial charge in [-0.2, -0.15) is 4.31 Å². The second kappa shape index (κ2) is 10.1. The van der Waals surface area contributed by atoms with Crippen molar-refractivity contribution < 1.29 is 17.9 Å². The molecule has 0 aromatic heterocycles. The maximum Gasteiger partial charge on any atom is 0.251 e. The summed E-state index contributed by atoms with van der Waals surface area (Å²) in [7, 11) is -3.67. The van der Waals surface area contributed by atoms with E-state index in [1.54, 1.807) is 12.1 Å². The zero-order chi connectivity index (χ0) is 22.4. The summed E-state index contributed by atoms with van der Waals surface area (Å²) in [6.07, 6.45) is 0.627. The van der Waals surface area contributed by atoms with Gasteiger partial charge in [0.1, 0.15) is 0 Å². The van der Waals surface area contributed by atoms with Crippen molar-refractivity contribution in [3.63, 3.8) is 0 Å². The summed E-state index contributed by atoms with van der Waals surface area (Å²) in [5.74, 6) is -0.311. The van der Waals surface area contributed by atoms with Gasteiger partial charge in [0.05, 0.1) is 24.2 Å². The number of nitrogens with zero attached hydrogens (tertiary/aromatic N) is 1. The Morgan fingerprint density at radius 2 is 1.56 bits per heavy atom. The number of rotatable bonds is 7. The van der Waals surface area contributed by atoms with Crippen LogP contribution >= 0.6 is 0 Å². The number of hydrogen-bond acceptors (Lipinski definition) is 4. The van der Waals surface area contributed by atoms with Crippen LogP contribution in [0.4, 0.5) is 0 Å². The van der Waals surface area contributed by atoms with E-state index >= 15 is 0 Å². The average Bonchev–Trinajstić information content (AvgIpc) is 2.85. The van der Waals surface area contributed by atoms with Gasteiger partial charge in [-0.3, -0.25) is 4.79 Å². The lowest BCUT2D eigenvalue weighted by Crippen LogP contribution is -2.40. The maximum atomic E-state index is 13.1. The lowest BCUT2D eigenvalue weighted by atomic mass is 9.98. The highest BCUT2D eigenvalue weighted by Gasteiger charge is 2.27. The standard InChI is InChI=1S/C25H26N2O4S/c28-25(22-12-7-13-23(19-22)32(29,30)27-14-16-31-17-15-27)26-24(21-10-5-2-6-11-21)18-20-8-3-1-4-9-20/h1-13,19,24H,14-18H2,(H,26,28). The third-order valence-corrected chi connectivity index (χ3v) is 7.39. The molecule has 0 radical (unpaired) electrons. The number of morpholine rings is 1. The zero-order valence-corrected chi connectivity index (χ0v) is 18.5.